The third-order valence-corrected chi connectivity index (χ3v) is 5.99. The van der Waals surface area contributed by atoms with Gasteiger partial charge in [-0.2, -0.15) is 0 Å². The van der Waals surface area contributed by atoms with E-state index in [0.29, 0.717) is 6.42 Å². The summed E-state index contributed by atoms with van der Waals surface area (Å²) in [6.07, 6.45) is 6.67. The van der Waals surface area contributed by atoms with E-state index in [1.54, 1.807) is 0 Å². The normalized spacial score (nSPS) is 24.7. The minimum absolute atomic E-state index is 0.0371. The smallest absolute Gasteiger partial charge is 0.320 e. The molecule has 1 saturated carbocycles. The molecule has 5 nitrogen and oxygen atoms in total. The molecule has 1 rings (SSSR count). The summed E-state index contributed by atoms with van der Waals surface area (Å²) in [6, 6.07) is -0.0371. The molecule has 0 aromatic carbocycles. The average molecular weight is 305 g/mol. The van der Waals surface area contributed by atoms with Crippen LogP contribution in [0.1, 0.15) is 51.9 Å². The number of esters is 1. The van der Waals surface area contributed by atoms with Crippen molar-refractivity contribution in [3.05, 3.63) is 0 Å². The van der Waals surface area contributed by atoms with Crippen LogP contribution in [0, 0.1) is 0 Å². The third kappa shape index (κ3) is 5.40. The van der Waals surface area contributed by atoms with E-state index in [1.807, 2.05) is 0 Å². The highest BCUT2D eigenvalue weighted by atomic mass is 32.2. The number of carbonyl (C=O) groups is 1. The van der Waals surface area contributed by atoms with E-state index < -0.39 is 26.8 Å². The molecule has 0 aromatic heterocycles. The lowest BCUT2D eigenvalue weighted by molar-refractivity contribution is -0.137. The second-order valence-corrected chi connectivity index (χ2v) is 7.69. The molecule has 1 fully saturated rings. The first-order chi connectivity index (χ1) is 9.51. The van der Waals surface area contributed by atoms with Crippen LogP contribution in [0.5, 0.6) is 0 Å². The molecule has 0 heterocycles. The number of sulfone groups is 1. The highest BCUT2D eigenvalue weighted by Gasteiger charge is 2.35. The van der Waals surface area contributed by atoms with Gasteiger partial charge in [-0.1, -0.05) is 32.6 Å². The Morgan fingerprint density at radius 2 is 1.85 bits per heavy atom. The maximum absolute atomic E-state index is 12.5. The van der Waals surface area contributed by atoms with Crippen LogP contribution in [0.3, 0.4) is 0 Å². The third-order valence-electron chi connectivity index (χ3n) is 3.87. The van der Waals surface area contributed by atoms with Gasteiger partial charge in [0, 0.05) is 6.04 Å². The van der Waals surface area contributed by atoms with Crippen molar-refractivity contribution in [1.29, 1.82) is 0 Å². The number of carbonyl (C=O) groups excluding carboxylic acids is 1. The Labute approximate surface area is 122 Å². The monoisotopic (exact) mass is 305 g/mol. The lowest BCUT2D eigenvalue weighted by Gasteiger charge is -2.29. The van der Waals surface area contributed by atoms with Gasteiger partial charge in [0.15, 0.2) is 9.84 Å². The first kappa shape index (κ1) is 17.4. The zero-order valence-corrected chi connectivity index (χ0v) is 13.4. The minimum atomic E-state index is -3.45. The Morgan fingerprint density at radius 3 is 2.45 bits per heavy atom. The van der Waals surface area contributed by atoms with Crippen LogP contribution >= 0.6 is 0 Å². The molecule has 2 unspecified atom stereocenters. The number of methoxy groups -OCH3 is 1. The molecule has 0 spiro atoms. The van der Waals surface area contributed by atoms with Crippen molar-refractivity contribution in [2.24, 2.45) is 0 Å². The van der Waals surface area contributed by atoms with Gasteiger partial charge in [0.2, 0.25) is 0 Å². The fraction of sp³-hybridized carbons (Fsp3) is 0.929. The van der Waals surface area contributed by atoms with Crippen LogP contribution in [0.25, 0.3) is 0 Å². The summed E-state index contributed by atoms with van der Waals surface area (Å²) in [4.78, 5) is 11.3. The fourth-order valence-electron chi connectivity index (χ4n) is 2.77. The molecule has 1 aliphatic carbocycles. The summed E-state index contributed by atoms with van der Waals surface area (Å²) in [5, 5.41) is 2.89. The molecule has 0 aromatic rings. The largest absolute Gasteiger partial charge is 0.468 e. The Balaban J connectivity index is 2.83. The molecule has 1 N–H and O–H groups in total. The fourth-order valence-corrected chi connectivity index (χ4v) is 4.69. The van der Waals surface area contributed by atoms with Crippen molar-refractivity contribution in [3.63, 3.8) is 0 Å². The summed E-state index contributed by atoms with van der Waals surface area (Å²) in [5.74, 6) is -1.17. The SMILES string of the molecule is CCCNC1CCCCCCC1S(=O)(=O)CC(=O)OC. The van der Waals surface area contributed by atoms with Crippen LogP contribution in [0.2, 0.25) is 0 Å². The van der Waals surface area contributed by atoms with Crippen molar-refractivity contribution >= 4 is 15.8 Å². The number of nitrogens with one attached hydrogen (secondary N) is 1. The van der Waals surface area contributed by atoms with Crippen molar-refractivity contribution in [2.45, 2.75) is 63.2 Å². The molecule has 118 valence electrons. The van der Waals surface area contributed by atoms with Gasteiger partial charge in [0.05, 0.1) is 12.4 Å². The van der Waals surface area contributed by atoms with Gasteiger partial charge in [-0.15, -0.1) is 0 Å². The molecule has 0 aliphatic heterocycles. The Hall–Kier alpha value is -0.620. The predicted molar refractivity (Wildman–Crippen MR) is 79.4 cm³/mol. The van der Waals surface area contributed by atoms with E-state index in [1.165, 1.54) is 7.11 Å². The zero-order chi connectivity index (χ0) is 15.0. The lowest BCUT2D eigenvalue weighted by Crippen LogP contribution is -2.46. The van der Waals surface area contributed by atoms with Gasteiger partial charge < -0.3 is 10.1 Å². The topological polar surface area (TPSA) is 72.5 Å². The molecule has 1 aliphatic rings. The molecule has 0 bridgehead atoms. The quantitative estimate of drug-likeness (QED) is 0.756. The lowest BCUT2D eigenvalue weighted by atomic mass is 9.96. The van der Waals surface area contributed by atoms with E-state index in [2.05, 4.69) is 17.0 Å². The van der Waals surface area contributed by atoms with E-state index in [9.17, 15) is 13.2 Å². The highest BCUT2D eigenvalue weighted by Crippen LogP contribution is 2.24. The zero-order valence-electron chi connectivity index (χ0n) is 12.6. The van der Waals surface area contributed by atoms with Crippen molar-refractivity contribution in [2.75, 3.05) is 19.4 Å². The average Bonchev–Trinajstić information content (AvgIpc) is 2.36. The summed E-state index contributed by atoms with van der Waals surface area (Å²) in [7, 11) is -2.23. The molecule has 2 atom stereocenters. The van der Waals surface area contributed by atoms with E-state index in [-0.39, 0.29) is 6.04 Å². The van der Waals surface area contributed by atoms with E-state index >= 15 is 0 Å². The van der Waals surface area contributed by atoms with E-state index in [4.69, 9.17) is 0 Å². The first-order valence-corrected chi connectivity index (χ1v) is 9.24. The minimum Gasteiger partial charge on any atom is -0.468 e. The van der Waals surface area contributed by atoms with Crippen molar-refractivity contribution in [3.8, 4) is 0 Å². The maximum atomic E-state index is 12.5. The van der Waals surface area contributed by atoms with Crippen LogP contribution in [-0.4, -0.2) is 45.1 Å². The Bertz CT molecular complexity index is 392. The van der Waals surface area contributed by atoms with Crippen LogP contribution in [-0.2, 0) is 19.4 Å². The van der Waals surface area contributed by atoms with Crippen LogP contribution in [0.15, 0.2) is 0 Å². The highest BCUT2D eigenvalue weighted by molar-refractivity contribution is 7.92. The Kier molecular flexibility index (Phi) is 7.51. The first-order valence-electron chi connectivity index (χ1n) is 7.53. The standard InChI is InChI=1S/C14H27NO4S/c1-3-10-15-12-8-6-4-5-7-9-13(12)20(17,18)11-14(16)19-2/h12-13,15H,3-11H2,1-2H3. The van der Waals surface area contributed by atoms with Crippen LogP contribution < -0.4 is 5.32 Å². The molecular weight excluding hydrogens is 278 g/mol. The van der Waals surface area contributed by atoms with Gasteiger partial charge in [-0.3, -0.25) is 4.79 Å². The number of hydrogen-bond donors (Lipinski definition) is 1. The van der Waals surface area contributed by atoms with Crippen molar-refractivity contribution in [1.82, 2.24) is 5.32 Å². The maximum Gasteiger partial charge on any atom is 0.320 e. The van der Waals surface area contributed by atoms with E-state index in [0.717, 1.165) is 45.1 Å². The molecular formula is C14H27NO4S. The summed E-state index contributed by atoms with van der Waals surface area (Å²) >= 11 is 0. The summed E-state index contributed by atoms with van der Waals surface area (Å²) < 4.78 is 29.4. The second kappa shape index (κ2) is 8.62. The predicted octanol–water partition coefficient (Wildman–Crippen LogP) is 1.67. The number of hydrogen-bond acceptors (Lipinski definition) is 5. The van der Waals surface area contributed by atoms with Gasteiger partial charge in [0.1, 0.15) is 5.75 Å². The van der Waals surface area contributed by atoms with Gasteiger partial charge in [-0.25, -0.2) is 8.42 Å². The Morgan fingerprint density at radius 1 is 1.20 bits per heavy atom. The molecule has 20 heavy (non-hydrogen) atoms. The molecule has 0 radical (unpaired) electrons. The second-order valence-electron chi connectivity index (χ2n) is 5.47. The molecule has 0 saturated heterocycles. The number of rotatable bonds is 6. The van der Waals surface area contributed by atoms with Crippen LogP contribution in [0.4, 0.5) is 0 Å². The number of ether oxygens (including phenoxy) is 1. The summed E-state index contributed by atoms with van der Waals surface area (Å²) in [5.41, 5.74) is 0. The molecule has 0 amide bonds. The molecule has 6 heteroatoms. The van der Waals surface area contributed by atoms with Crippen molar-refractivity contribution < 1.29 is 17.9 Å². The van der Waals surface area contributed by atoms with Gasteiger partial charge >= 0.3 is 5.97 Å². The van der Waals surface area contributed by atoms with Gasteiger partial charge in [-0.05, 0) is 25.8 Å². The van der Waals surface area contributed by atoms with Gasteiger partial charge in [0.25, 0.3) is 0 Å². The summed E-state index contributed by atoms with van der Waals surface area (Å²) in [6.45, 7) is 2.88.